The Kier molecular flexibility index (Phi) is 5.99. The van der Waals surface area contributed by atoms with Gasteiger partial charge in [0.1, 0.15) is 18.1 Å². The van der Waals surface area contributed by atoms with Gasteiger partial charge in [-0.25, -0.2) is 0 Å². The third-order valence-corrected chi connectivity index (χ3v) is 4.33. The van der Waals surface area contributed by atoms with Gasteiger partial charge >= 0.3 is 0 Å². The van der Waals surface area contributed by atoms with Gasteiger partial charge in [-0.3, -0.25) is 4.79 Å². The largest absolute Gasteiger partial charge is 0.497 e. The van der Waals surface area contributed by atoms with Crippen molar-refractivity contribution in [3.8, 4) is 11.5 Å². The van der Waals surface area contributed by atoms with Gasteiger partial charge in [0.2, 0.25) is 5.91 Å². The minimum Gasteiger partial charge on any atom is -0.497 e. The van der Waals surface area contributed by atoms with Crippen molar-refractivity contribution in [2.75, 3.05) is 12.4 Å². The maximum atomic E-state index is 11.3. The lowest BCUT2D eigenvalue weighted by Gasteiger charge is -2.14. The summed E-state index contributed by atoms with van der Waals surface area (Å²) in [6.07, 6.45) is 0. The van der Waals surface area contributed by atoms with Gasteiger partial charge in [0.15, 0.2) is 0 Å². The van der Waals surface area contributed by atoms with Crippen molar-refractivity contribution in [1.82, 2.24) is 0 Å². The maximum Gasteiger partial charge on any atom is 0.221 e. The first-order valence-electron chi connectivity index (χ1n) is 6.63. The molecule has 2 aromatic rings. The number of hydrogen-bond donors (Lipinski definition) is 1. The average Bonchev–Trinajstić information content (AvgIpc) is 2.52. The van der Waals surface area contributed by atoms with Crippen LogP contribution in [0.3, 0.4) is 0 Å². The molecule has 0 radical (unpaired) electrons. The van der Waals surface area contributed by atoms with Gasteiger partial charge in [-0.1, -0.05) is 40.9 Å². The van der Waals surface area contributed by atoms with E-state index in [0.29, 0.717) is 32.8 Å². The number of methoxy groups -OCH3 is 1. The Balaban J connectivity index is 2.25. The highest BCUT2D eigenvalue weighted by atomic mass is 35.5. The SMILES string of the molecule is COc1ccc(NC(C)=O)c(OCc2ccc(Cl)c(Cl)c2Cl)c1. The number of rotatable bonds is 5. The fourth-order valence-electron chi connectivity index (χ4n) is 1.87. The molecule has 2 aromatic carbocycles. The number of halogens is 3. The second kappa shape index (κ2) is 7.77. The van der Waals surface area contributed by atoms with E-state index in [1.54, 1.807) is 37.4 Å². The topological polar surface area (TPSA) is 47.6 Å². The molecule has 0 aliphatic carbocycles. The summed E-state index contributed by atoms with van der Waals surface area (Å²) in [5.74, 6) is 0.864. The molecule has 0 unspecified atom stereocenters. The van der Waals surface area contributed by atoms with Crippen molar-refractivity contribution >= 4 is 46.4 Å². The van der Waals surface area contributed by atoms with Gasteiger partial charge in [0.05, 0.1) is 27.9 Å². The van der Waals surface area contributed by atoms with Crippen LogP contribution in [0.1, 0.15) is 12.5 Å². The van der Waals surface area contributed by atoms with E-state index < -0.39 is 0 Å². The molecule has 0 aliphatic rings. The van der Waals surface area contributed by atoms with Gasteiger partial charge < -0.3 is 14.8 Å². The highest BCUT2D eigenvalue weighted by molar-refractivity contribution is 6.48. The summed E-state index contributed by atoms with van der Waals surface area (Å²) in [5.41, 5.74) is 1.21. The molecule has 7 heteroatoms. The third kappa shape index (κ3) is 4.44. The molecule has 0 saturated carbocycles. The van der Waals surface area contributed by atoms with Crippen LogP contribution in [0.25, 0.3) is 0 Å². The molecule has 1 N–H and O–H groups in total. The number of anilines is 1. The Hall–Kier alpha value is -1.62. The molecule has 4 nitrogen and oxygen atoms in total. The fourth-order valence-corrected chi connectivity index (χ4v) is 2.48. The van der Waals surface area contributed by atoms with Crippen LogP contribution in [0.2, 0.25) is 15.1 Å². The van der Waals surface area contributed by atoms with E-state index in [2.05, 4.69) is 5.32 Å². The number of benzene rings is 2. The predicted molar refractivity (Wildman–Crippen MR) is 93.1 cm³/mol. The minimum absolute atomic E-state index is 0.162. The Labute approximate surface area is 149 Å². The van der Waals surface area contributed by atoms with E-state index in [9.17, 15) is 4.79 Å². The molecule has 2 rings (SSSR count). The molecule has 0 heterocycles. The lowest BCUT2D eigenvalue weighted by Crippen LogP contribution is -2.08. The summed E-state index contributed by atoms with van der Waals surface area (Å²) in [4.78, 5) is 11.3. The molecule has 0 fully saturated rings. The van der Waals surface area contributed by atoms with Crippen molar-refractivity contribution in [2.24, 2.45) is 0 Å². The minimum atomic E-state index is -0.201. The zero-order valence-corrected chi connectivity index (χ0v) is 14.7. The van der Waals surface area contributed by atoms with Crippen molar-refractivity contribution in [1.29, 1.82) is 0 Å². The first-order valence-corrected chi connectivity index (χ1v) is 7.76. The van der Waals surface area contributed by atoms with Crippen LogP contribution in [-0.2, 0) is 11.4 Å². The Morgan fingerprint density at radius 2 is 1.87 bits per heavy atom. The zero-order chi connectivity index (χ0) is 17.0. The predicted octanol–water partition coefficient (Wildman–Crippen LogP) is 5.19. The van der Waals surface area contributed by atoms with E-state index in [1.807, 2.05) is 0 Å². The van der Waals surface area contributed by atoms with Crippen LogP contribution < -0.4 is 14.8 Å². The highest BCUT2D eigenvalue weighted by Gasteiger charge is 2.12. The quantitative estimate of drug-likeness (QED) is 0.732. The highest BCUT2D eigenvalue weighted by Crippen LogP contribution is 2.34. The second-order valence-electron chi connectivity index (χ2n) is 4.67. The van der Waals surface area contributed by atoms with Gasteiger partial charge in [-0.2, -0.15) is 0 Å². The first-order chi connectivity index (χ1) is 10.9. The van der Waals surface area contributed by atoms with Gasteiger partial charge in [0, 0.05) is 18.6 Å². The van der Waals surface area contributed by atoms with Crippen LogP contribution in [0, 0.1) is 0 Å². The Morgan fingerprint density at radius 1 is 1.13 bits per heavy atom. The number of amides is 1. The van der Waals surface area contributed by atoms with Gasteiger partial charge in [-0.05, 0) is 18.2 Å². The second-order valence-corrected chi connectivity index (χ2v) is 5.83. The smallest absolute Gasteiger partial charge is 0.221 e. The molecule has 122 valence electrons. The van der Waals surface area contributed by atoms with Crippen LogP contribution in [0.5, 0.6) is 11.5 Å². The van der Waals surface area contributed by atoms with Crippen molar-refractivity contribution < 1.29 is 14.3 Å². The van der Waals surface area contributed by atoms with E-state index in [-0.39, 0.29) is 17.5 Å². The number of carbonyl (C=O) groups excluding carboxylic acids is 1. The summed E-state index contributed by atoms with van der Waals surface area (Å²) in [5, 5.41) is 3.69. The van der Waals surface area contributed by atoms with Crippen LogP contribution in [0.4, 0.5) is 5.69 Å². The summed E-state index contributed by atoms with van der Waals surface area (Å²) >= 11 is 18.1. The maximum absolute atomic E-state index is 11.3. The molecule has 0 atom stereocenters. The van der Waals surface area contributed by atoms with E-state index in [0.717, 1.165) is 0 Å². The number of ether oxygens (including phenoxy) is 2. The molecule has 0 saturated heterocycles. The molecule has 0 bridgehead atoms. The standard InChI is InChI=1S/C16H14Cl3NO3/c1-9(21)20-13-6-4-11(22-2)7-14(13)23-8-10-3-5-12(17)16(19)15(10)18/h3-7H,8H2,1-2H3,(H,20,21). The number of carbonyl (C=O) groups is 1. The molecule has 0 aromatic heterocycles. The fraction of sp³-hybridized carbons (Fsp3) is 0.188. The molecule has 1 amide bonds. The molecule has 0 spiro atoms. The van der Waals surface area contributed by atoms with Crippen molar-refractivity contribution in [2.45, 2.75) is 13.5 Å². The molecular formula is C16H14Cl3NO3. The normalized spacial score (nSPS) is 10.3. The average molecular weight is 375 g/mol. The summed E-state index contributed by atoms with van der Waals surface area (Å²) in [6, 6.07) is 8.48. The number of nitrogens with one attached hydrogen (secondary N) is 1. The van der Waals surface area contributed by atoms with Crippen LogP contribution in [-0.4, -0.2) is 13.0 Å². The molecule has 0 aliphatic heterocycles. The molecular weight excluding hydrogens is 361 g/mol. The van der Waals surface area contributed by atoms with Crippen LogP contribution in [0.15, 0.2) is 30.3 Å². The van der Waals surface area contributed by atoms with Crippen molar-refractivity contribution in [3.63, 3.8) is 0 Å². The lowest BCUT2D eigenvalue weighted by atomic mass is 10.2. The lowest BCUT2D eigenvalue weighted by molar-refractivity contribution is -0.114. The van der Waals surface area contributed by atoms with Gasteiger partial charge in [-0.15, -0.1) is 0 Å². The number of hydrogen-bond acceptors (Lipinski definition) is 3. The van der Waals surface area contributed by atoms with E-state index in [1.165, 1.54) is 6.92 Å². The zero-order valence-electron chi connectivity index (χ0n) is 12.5. The van der Waals surface area contributed by atoms with E-state index >= 15 is 0 Å². The monoisotopic (exact) mass is 373 g/mol. The summed E-state index contributed by atoms with van der Waals surface area (Å²) < 4.78 is 10.9. The summed E-state index contributed by atoms with van der Waals surface area (Å²) in [7, 11) is 1.55. The summed E-state index contributed by atoms with van der Waals surface area (Å²) in [6.45, 7) is 1.58. The third-order valence-electron chi connectivity index (χ3n) is 3.00. The molecule has 23 heavy (non-hydrogen) atoms. The Bertz CT molecular complexity index is 735. The van der Waals surface area contributed by atoms with E-state index in [4.69, 9.17) is 44.3 Å². The van der Waals surface area contributed by atoms with Gasteiger partial charge in [0.25, 0.3) is 0 Å². The Morgan fingerprint density at radius 3 is 2.52 bits per heavy atom. The van der Waals surface area contributed by atoms with Crippen LogP contribution >= 0.6 is 34.8 Å². The first kappa shape index (κ1) is 17.7. The van der Waals surface area contributed by atoms with Crippen molar-refractivity contribution in [3.05, 3.63) is 51.0 Å².